The van der Waals surface area contributed by atoms with Crippen LogP contribution in [0.3, 0.4) is 0 Å². The van der Waals surface area contributed by atoms with Crippen LogP contribution in [0, 0.1) is 17.8 Å². The monoisotopic (exact) mass is 424 g/mol. The average molecular weight is 424 g/mol. The van der Waals surface area contributed by atoms with E-state index in [4.69, 9.17) is 4.74 Å². The lowest BCUT2D eigenvalue weighted by Gasteiger charge is -2.17. The van der Waals surface area contributed by atoms with E-state index in [1.807, 2.05) is 12.1 Å². The zero-order valence-electron chi connectivity index (χ0n) is 18.0. The van der Waals surface area contributed by atoms with Crippen LogP contribution in [-0.2, 0) is 20.7 Å². The van der Waals surface area contributed by atoms with Crippen LogP contribution in [0.25, 0.3) is 0 Å². The average Bonchev–Trinajstić information content (AvgIpc) is 2.73. The highest BCUT2D eigenvalue weighted by Crippen LogP contribution is 2.22. The van der Waals surface area contributed by atoms with Crippen molar-refractivity contribution in [2.75, 3.05) is 0 Å². The van der Waals surface area contributed by atoms with Crippen molar-refractivity contribution in [3.05, 3.63) is 71.3 Å². The maximum Gasteiger partial charge on any atom is 0.345 e. The molecule has 1 N–H and O–H groups in total. The molecule has 2 aromatic carbocycles. The predicted molar refractivity (Wildman–Crippen MR) is 116 cm³/mol. The van der Waals surface area contributed by atoms with E-state index >= 15 is 0 Å². The molecule has 2 atom stereocenters. The van der Waals surface area contributed by atoms with Crippen molar-refractivity contribution in [2.45, 2.75) is 40.0 Å². The van der Waals surface area contributed by atoms with E-state index in [9.17, 15) is 24.3 Å². The van der Waals surface area contributed by atoms with Crippen molar-refractivity contribution < 1.29 is 29.0 Å². The van der Waals surface area contributed by atoms with Crippen LogP contribution in [-0.4, -0.2) is 28.8 Å². The molecule has 0 heterocycles. The normalized spacial score (nSPS) is 12.8. The van der Waals surface area contributed by atoms with Gasteiger partial charge in [0, 0.05) is 11.5 Å². The Morgan fingerprint density at radius 1 is 0.871 bits per heavy atom. The number of carbonyl (C=O) groups excluding carboxylic acids is 3. The Hall–Kier alpha value is -3.28. The lowest BCUT2D eigenvalue weighted by Crippen LogP contribution is -2.26. The maximum atomic E-state index is 12.7. The molecule has 0 aromatic heterocycles. The van der Waals surface area contributed by atoms with Gasteiger partial charge in [-0.05, 0) is 36.5 Å². The third-order valence-electron chi connectivity index (χ3n) is 4.92. The number of rotatable bonds is 10. The Kier molecular flexibility index (Phi) is 8.67. The Morgan fingerprint density at radius 2 is 1.48 bits per heavy atom. The van der Waals surface area contributed by atoms with E-state index in [1.165, 1.54) is 6.92 Å². The van der Waals surface area contributed by atoms with Gasteiger partial charge < -0.3 is 9.84 Å². The van der Waals surface area contributed by atoms with Gasteiger partial charge >= 0.3 is 17.9 Å². The van der Waals surface area contributed by atoms with Crippen LogP contribution < -0.4 is 0 Å². The number of hydrogen-bond acceptors (Lipinski definition) is 5. The molecular weight excluding hydrogens is 396 g/mol. The number of hydrogen-bond donors (Lipinski definition) is 1. The number of esters is 2. The summed E-state index contributed by atoms with van der Waals surface area (Å²) in [5.74, 6) is -4.27. The first kappa shape index (κ1) is 24.0. The van der Waals surface area contributed by atoms with E-state index < -0.39 is 36.2 Å². The second-order valence-electron chi connectivity index (χ2n) is 8.17. The van der Waals surface area contributed by atoms with Gasteiger partial charge in [-0.2, -0.15) is 0 Å². The molecule has 164 valence electrons. The zero-order valence-corrected chi connectivity index (χ0v) is 18.0. The molecule has 0 radical (unpaired) electrons. The molecule has 2 rings (SSSR count). The largest absolute Gasteiger partial charge is 0.481 e. The Bertz CT molecular complexity index is 915. The van der Waals surface area contributed by atoms with E-state index in [0.717, 1.165) is 12.0 Å². The Balaban J connectivity index is 2.02. The van der Waals surface area contributed by atoms with Crippen LogP contribution >= 0.6 is 0 Å². The van der Waals surface area contributed by atoms with Crippen LogP contribution in [0.2, 0.25) is 0 Å². The molecule has 0 aliphatic carbocycles. The quantitative estimate of drug-likeness (QED) is 0.341. The molecule has 2 unspecified atom stereocenters. The number of Topliss-reactive ketones (excluding diaryl/α,β-unsaturated/α-hetero) is 1. The molecule has 0 bridgehead atoms. The van der Waals surface area contributed by atoms with Crippen molar-refractivity contribution in [2.24, 2.45) is 17.8 Å². The van der Waals surface area contributed by atoms with Gasteiger partial charge in [-0.15, -0.1) is 0 Å². The fourth-order valence-electron chi connectivity index (χ4n) is 3.35. The molecule has 6 heteroatoms. The topological polar surface area (TPSA) is 97.7 Å². The smallest absolute Gasteiger partial charge is 0.345 e. The van der Waals surface area contributed by atoms with E-state index in [-0.39, 0.29) is 17.8 Å². The van der Waals surface area contributed by atoms with E-state index in [1.54, 1.807) is 42.5 Å². The van der Waals surface area contributed by atoms with Gasteiger partial charge in [0.1, 0.15) is 0 Å². The van der Waals surface area contributed by atoms with Gasteiger partial charge in [-0.3, -0.25) is 14.4 Å². The number of aliphatic carboxylic acids is 1. The van der Waals surface area contributed by atoms with Crippen LogP contribution in [0.5, 0.6) is 0 Å². The molecule has 0 saturated carbocycles. The summed E-state index contributed by atoms with van der Waals surface area (Å²) in [5.41, 5.74) is 1.73. The van der Waals surface area contributed by atoms with Crippen molar-refractivity contribution in [1.29, 1.82) is 0 Å². The highest BCUT2D eigenvalue weighted by Gasteiger charge is 2.29. The minimum absolute atomic E-state index is 0.0283. The predicted octanol–water partition coefficient (Wildman–Crippen LogP) is 4.57. The van der Waals surface area contributed by atoms with E-state index in [0.29, 0.717) is 11.5 Å². The number of ketones is 1. The highest BCUT2D eigenvalue weighted by molar-refractivity contribution is 6.00. The molecule has 0 aliphatic rings. The third-order valence-corrected chi connectivity index (χ3v) is 4.92. The summed E-state index contributed by atoms with van der Waals surface area (Å²) in [6.45, 7) is 5.72. The molecule has 0 spiro atoms. The Morgan fingerprint density at radius 3 is 2.03 bits per heavy atom. The van der Waals surface area contributed by atoms with Gasteiger partial charge in [0.2, 0.25) is 0 Å². The lowest BCUT2D eigenvalue weighted by atomic mass is 9.86. The molecule has 2 aromatic rings. The number of carboxylic acid groups (broad SMARTS) is 1. The summed E-state index contributed by atoms with van der Waals surface area (Å²) in [7, 11) is 0. The zero-order chi connectivity index (χ0) is 23.0. The summed E-state index contributed by atoms with van der Waals surface area (Å²) in [6.07, 6.45) is 0.446. The molecule has 6 nitrogen and oxygen atoms in total. The fourth-order valence-corrected chi connectivity index (χ4v) is 3.35. The summed E-state index contributed by atoms with van der Waals surface area (Å²) < 4.78 is 4.97. The fraction of sp³-hybridized carbons (Fsp3) is 0.360. The molecule has 0 saturated heterocycles. The lowest BCUT2D eigenvalue weighted by molar-refractivity contribution is -0.143. The Labute approximate surface area is 182 Å². The number of carboxylic acids is 1. The van der Waals surface area contributed by atoms with Gasteiger partial charge in [0.05, 0.1) is 17.9 Å². The number of benzene rings is 2. The number of carbonyl (C=O) groups is 4. The van der Waals surface area contributed by atoms with Crippen molar-refractivity contribution in [3.63, 3.8) is 0 Å². The highest BCUT2D eigenvalue weighted by atomic mass is 16.6. The van der Waals surface area contributed by atoms with Crippen LogP contribution in [0.15, 0.2) is 54.6 Å². The standard InChI is InChI=1S/C25H28O6/c1-16(2)13-18-9-11-20(12-10-18)25(30)31-24(29)17(3)14-21(15-22(26)27)23(28)19-7-5-4-6-8-19/h4-12,16-17,21H,13-15H2,1-3H3,(H,26,27). The second kappa shape index (κ2) is 11.2. The summed E-state index contributed by atoms with van der Waals surface area (Å²) in [6, 6.07) is 15.2. The first-order valence-electron chi connectivity index (χ1n) is 10.3. The summed E-state index contributed by atoms with van der Waals surface area (Å²) >= 11 is 0. The van der Waals surface area contributed by atoms with Gasteiger partial charge in [-0.25, -0.2) is 4.79 Å². The van der Waals surface area contributed by atoms with Gasteiger partial charge in [0.15, 0.2) is 5.78 Å². The van der Waals surface area contributed by atoms with Crippen molar-refractivity contribution >= 4 is 23.7 Å². The molecule has 0 fully saturated rings. The van der Waals surface area contributed by atoms with E-state index in [2.05, 4.69) is 13.8 Å². The molecule has 0 amide bonds. The molecular formula is C25H28O6. The maximum absolute atomic E-state index is 12.7. The minimum Gasteiger partial charge on any atom is -0.481 e. The van der Waals surface area contributed by atoms with Crippen molar-refractivity contribution in [3.8, 4) is 0 Å². The van der Waals surface area contributed by atoms with Gasteiger partial charge in [0.25, 0.3) is 0 Å². The SMILES string of the molecule is CC(C)Cc1ccc(C(=O)OC(=O)C(C)CC(CC(=O)O)C(=O)c2ccccc2)cc1. The summed E-state index contributed by atoms with van der Waals surface area (Å²) in [4.78, 5) is 48.7. The summed E-state index contributed by atoms with van der Waals surface area (Å²) in [5, 5.41) is 9.18. The second-order valence-corrected chi connectivity index (χ2v) is 8.17. The molecule has 31 heavy (non-hydrogen) atoms. The number of ether oxygens (including phenoxy) is 1. The minimum atomic E-state index is -1.13. The van der Waals surface area contributed by atoms with Crippen LogP contribution in [0.4, 0.5) is 0 Å². The van der Waals surface area contributed by atoms with Gasteiger partial charge in [-0.1, -0.05) is 63.2 Å². The first-order chi connectivity index (χ1) is 14.7. The molecule has 0 aliphatic heterocycles. The van der Waals surface area contributed by atoms with Crippen LogP contribution in [0.1, 0.15) is 59.9 Å². The third kappa shape index (κ3) is 7.48. The van der Waals surface area contributed by atoms with Crippen molar-refractivity contribution in [1.82, 2.24) is 0 Å². The first-order valence-corrected chi connectivity index (χ1v) is 10.3.